The van der Waals surface area contributed by atoms with Crippen molar-refractivity contribution in [2.45, 2.75) is 5.54 Å². The third kappa shape index (κ3) is 1.24. The van der Waals surface area contributed by atoms with Crippen LogP contribution in [0.5, 0.6) is 11.5 Å². The molecule has 1 saturated heterocycles. The Bertz CT molecular complexity index is 709. The fraction of sp³-hybridized carbons (Fsp3) is 0.0667. The molecule has 2 aromatic carbocycles. The maximum absolute atomic E-state index is 12.5. The van der Waals surface area contributed by atoms with Gasteiger partial charge in [-0.3, -0.25) is 5.32 Å². The molecule has 0 bridgehead atoms. The minimum absolute atomic E-state index is 0.259. The lowest BCUT2D eigenvalue weighted by Crippen LogP contribution is -2.89. The zero-order valence-corrected chi connectivity index (χ0v) is 10.4. The van der Waals surface area contributed by atoms with Gasteiger partial charge in [-0.25, -0.2) is 9.59 Å². The minimum atomic E-state index is -1.15. The Kier molecular flexibility index (Phi) is 2.06. The van der Waals surface area contributed by atoms with Gasteiger partial charge in [-0.05, 0) is 12.1 Å². The van der Waals surface area contributed by atoms with Crippen LogP contribution in [-0.4, -0.2) is 11.9 Å². The van der Waals surface area contributed by atoms with Gasteiger partial charge >= 0.3 is 11.9 Å². The molecule has 3 amide bonds. The number of rotatable bonds is 0. The van der Waals surface area contributed by atoms with Crippen LogP contribution in [0.1, 0.15) is 11.1 Å². The number of nitrogens with two attached hydrogens (primary N) is 1. The van der Waals surface area contributed by atoms with E-state index in [0.717, 1.165) is 5.32 Å². The number of quaternary nitrogens is 1. The highest BCUT2D eigenvalue weighted by molar-refractivity contribution is 5.99. The van der Waals surface area contributed by atoms with E-state index in [2.05, 4.69) is 5.32 Å². The van der Waals surface area contributed by atoms with E-state index in [1.54, 1.807) is 12.1 Å². The zero-order chi connectivity index (χ0) is 13.7. The molecule has 98 valence electrons. The summed E-state index contributed by atoms with van der Waals surface area (Å²) in [4.78, 5) is 24.2. The summed E-state index contributed by atoms with van der Waals surface area (Å²) < 4.78 is 5.83. The second-order valence-electron chi connectivity index (χ2n) is 4.84. The van der Waals surface area contributed by atoms with Gasteiger partial charge in [0.2, 0.25) is 5.54 Å². The molecular weight excluding hydrogens is 256 g/mol. The molecule has 4 rings (SSSR count). The molecule has 0 aliphatic carbocycles. The number of benzene rings is 2. The molecule has 0 unspecified atom stereocenters. The van der Waals surface area contributed by atoms with E-state index >= 15 is 0 Å². The number of carbonyl (C=O) groups is 2. The highest BCUT2D eigenvalue weighted by Crippen LogP contribution is 2.46. The monoisotopic (exact) mass is 267 g/mol. The lowest BCUT2D eigenvalue weighted by atomic mass is 9.80. The van der Waals surface area contributed by atoms with Crippen molar-refractivity contribution in [3.63, 3.8) is 0 Å². The second kappa shape index (κ2) is 3.68. The first-order chi connectivity index (χ1) is 9.72. The number of hydrogen-bond acceptors (Lipinski definition) is 3. The van der Waals surface area contributed by atoms with Crippen LogP contribution < -0.4 is 15.4 Å². The van der Waals surface area contributed by atoms with E-state index < -0.39 is 5.54 Å². The molecule has 3 N–H and O–H groups in total. The highest BCUT2D eigenvalue weighted by Gasteiger charge is 2.58. The largest absolute Gasteiger partial charge is 0.457 e. The number of fused-ring (bicyclic) bond motifs is 4. The molecule has 2 heterocycles. The van der Waals surface area contributed by atoms with Crippen LogP contribution in [0.25, 0.3) is 0 Å². The molecule has 1 spiro atoms. The standard InChI is InChI=1S/C15H10N2O3/c18-13-15(17-14(19)16-13)9-5-1-3-7-11(9)20-12-8-4-2-6-10(12)15/h1-8H,(H2,16,17,18,19)/p+1. The first kappa shape index (κ1) is 11.2. The summed E-state index contributed by atoms with van der Waals surface area (Å²) in [6.45, 7) is 0. The summed E-state index contributed by atoms with van der Waals surface area (Å²) in [7, 11) is 0. The predicted octanol–water partition coefficient (Wildman–Crippen LogP) is 0.849. The van der Waals surface area contributed by atoms with Gasteiger partial charge in [0.15, 0.2) is 0 Å². The summed E-state index contributed by atoms with van der Waals surface area (Å²) >= 11 is 0. The lowest BCUT2D eigenvalue weighted by Gasteiger charge is -2.32. The van der Waals surface area contributed by atoms with Gasteiger partial charge in [0.05, 0.1) is 0 Å². The first-order valence-electron chi connectivity index (χ1n) is 6.30. The molecule has 0 radical (unpaired) electrons. The Morgan fingerprint density at radius 3 is 1.95 bits per heavy atom. The number of para-hydroxylation sites is 2. The van der Waals surface area contributed by atoms with Crippen LogP contribution in [0.4, 0.5) is 4.79 Å². The van der Waals surface area contributed by atoms with E-state index in [1.165, 1.54) is 0 Å². The van der Waals surface area contributed by atoms with Gasteiger partial charge in [0.1, 0.15) is 11.5 Å². The number of ether oxygens (including phenoxy) is 1. The van der Waals surface area contributed by atoms with Gasteiger partial charge in [-0.2, -0.15) is 5.32 Å². The average Bonchev–Trinajstić information content (AvgIpc) is 2.75. The first-order valence-corrected chi connectivity index (χ1v) is 6.30. The van der Waals surface area contributed by atoms with Crippen molar-refractivity contribution in [2.75, 3.05) is 0 Å². The predicted molar refractivity (Wildman–Crippen MR) is 69.2 cm³/mol. The lowest BCUT2D eigenvalue weighted by molar-refractivity contribution is -0.460. The molecule has 2 aromatic rings. The van der Waals surface area contributed by atoms with E-state index in [4.69, 9.17) is 4.74 Å². The second-order valence-corrected chi connectivity index (χ2v) is 4.84. The molecule has 0 aromatic heterocycles. The van der Waals surface area contributed by atoms with Crippen molar-refractivity contribution in [1.82, 2.24) is 5.32 Å². The SMILES string of the molecule is O=C1NC2(C(=O)[NH2+]1)c1ccccc1Oc1ccccc12. The molecule has 20 heavy (non-hydrogen) atoms. The minimum Gasteiger partial charge on any atom is -0.457 e. The number of nitrogens with one attached hydrogen (secondary N) is 1. The summed E-state index contributed by atoms with van der Waals surface area (Å²) in [5.74, 6) is 0.927. The quantitative estimate of drug-likeness (QED) is 0.695. The molecule has 2 aliphatic heterocycles. The van der Waals surface area contributed by atoms with Crippen LogP contribution in [0, 0.1) is 0 Å². The average molecular weight is 267 g/mol. The maximum atomic E-state index is 12.5. The summed E-state index contributed by atoms with van der Waals surface area (Å²) in [6, 6.07) is 14.2. The van der Waals surface area contributed by atoms with Crippen LogP contribution >= 0.6 is 0 Å². The van der Waals surface area contributed by atoms with Crippen LogP contribution in [-0.2, 0) is 10.3 Å². The fourth-order valence-corrected chi connectivity index (χ4v) is 2.90. The molecular formula is C15H11N2O3+. The van der Waals surface area contributed by atoms with Crippen molar-refractivity contribution in [3.05, 3.63) is 59.7 Å². The third-order valence-electron chi connectivity index (χ3n) is 3.74. The normalized spacial score (nSPS) is 18.2. The van der Waals surface area contributed by atoms with Crippen molar-refractivity contribution in [2.24, 2.45) is 0 Å². The Morgan fingerprint density at radius 1 is 0.900 bits per heavy atom. The highest BCUT2D eigenvalue weighted by atomic mass is 16.5. The van der Waals surface area contributed by atoms with Gasteiger partial charge in [-0.15, -0.1) is 0 Å². The molecule has 1 fully saturated rings. The van der Waals surface area contributed by atoms with Crippen LogP contribution in [0.15, 0.2) is 48.5 Å². The number of urea groups is 1. The van der Waals surface area contributed by atoms with Crippen LogP contribution in [0.3, 0.4) is 0 Å². The molecule has 5 nitrogen and oxygen atoms in total. The maximum Gasteiger partial charge on any atom is 0.422 e. The summed E-state index contributed by atoms with van der Waals surface area (Å²) in [5, 5.41) is 3.92. The number of carbonyl (C=O) groups excluding carboxylic acids is 2. The zero-order valence-electron chi connectivity index (χ0n) is 10.4. The van der Waals surface area contributed by atoms with Crippen molar-refractivity contribution in [3.8, 4) is 11.5 Å². The van der Waals surface area contributed by atoms with Gasteiger partial charge in [-0.1, -0.05) is 36.4 Å². The third-order valence-corrected chi connectivity index (χ3v) is 3.74. The number of imide groups is 1. The van der Waals surface area contributed by atoms with E-state index in [-0.39, 0.29) is 11.9 Å². The number of primary amides is 2. The van der Waals surface area contributed by atoms with E-state index in [0.29, 0.717) is 22.6 Å². The Hall–Kier alpha value is -2.66. The Morgan fingerprint density at radius 2 is 1.45 bits per heavy atom. The van der Waals surface area contributed by atoms with Crippen LogP contribution in [0.2, 0.25) is 0 Å². The van der Waals surface area contributed by atoms with Crippen molar-refractivity contribution < 1.29 is 19.6 Å². The molecule has 0 saturated carbocycles. The summed E-state index contributed by atoms with van der Waals surface area (Å²) in [6.07, 6.45) is 0. The van der Waals surface area contributed by atoms with Gasteiger partial charge in [0, 0.05) is 11.1 Å². The van der Waals surface area contributed by atoms with E-state index in [9.17, 15) is 9.59 Å². The molecule has 5 heteroatoms. The number of amides is 3. The smallest absolute Gasteiger partial charge is 0.422 e. The molecule has 2 aliphatic rings. The molecule has 0 atom stereocenters. The fourth-order valence-electron chi connectivity index (χ4n) is 2.90. The summed E-state index contributed by atoms with van der Waals surface area (Å²) in [5.41, 5.74) is 0.194. The topological polar surface area (TPSA) is 72.0 Å². The van der Waals surface area contributed by atoms with Gasteiger partial charge in [0.25, 0.3) is 0 Å². The van der Waals surface area contributed by atoms with E-state index in [1.807, 2.05) is 36.4 Å². The Balaban J connectivity index is 2.07. The Labute approximate surface area is 114 Å². The van der Waals surface area contributed by atoms with Crippen molar-refractivity contribution >= 4 is 11.9 Å². The van der Waals surface area contributed by atoms with Crippen molar-refractivity contribution in [1.29, 1.82) is 0 Å². The number of hydrogen-bond donors (Lipinski definition) is 2. The van der Waals surface area contributed by atoms with Gasteiger partial charge < -0.3 is 4.74 Å².